The quantitative estimate of drug-likeness (QED) is 0.0222. The first-order chi connectivity index (χ1) is 44.8. The summed E-state index contributed by atoms with van der Waals surface area (Å²) < 4.78 is 68.3. The minimum absolute atomic E-state index is 0.103. The summed E-state index contributed by atoms with van der Waals surface area (Å²) in [5.41, 5.74) is 0. The Bertz CT molecular complexity index is 1820. The van der Waals surface area contributed by atoms with Crippen LogP contribution in [0.25, 0.3) is 0 Å². The molecule has 0 saturated heterocycles. The average molecular weight is 1370 g/mol. The largest absolute Gasteiger partial charge is 0.472 e. The predicted molar refractivity (Wildman–Crippen MR) is 377 cm³/mol. The Balaban J connectivity index is 5.18. The van der Waals surface area contributed by atoms with E-state index in [1.54, 1.807) is 0 Å². The van der Waals surface area contributed by atoms with Gasteiger partial charge in [-0.25, -0.2) is 9.13 Å². The molecule has 0 radical (unpaired) electrons. The van der Waals surface area contributed by atoms with Crippen molar-refractivity contribution in [1.29, 1.82) is 0 Å². The smallest absolute Gasteiger partial charge is 0.462 e. The van der Waals surface area contributed by atoms with Gasteiger partial charge in [0, 0.05) is 25.7 Å². The number of phosphoric acid groups is 2. The van der Waals surface area contributed by atoms with Crippen LogP contribution in [0.5, 0.6) is 0 Å². The Kier molecular flexibility index (Phi) is 63.4. The Morgan fingerprint density at radius 2 is 0.548 bits per heavy atom. The third kappa shape index (κ3) is 67.0. The van der Waals surface area contributed by atoms with Gasteiger partial charge >= 0.3 is 39.5 Å². The predicted octanol–water partition coefficient (Wildman–Crippen LogP) is 21.4. The van der Waals surface area contributed by atoms with Crippen LogP contribution in [0.2, 0.25) is 0 Å². The van der Waals surface area contributed by atoms with E-state index >= 15 is 0 Å². The number of hydrogen-bond acceptors (Lipinski definition) is 15. The minimum atomic E-state index is -4.96. The summed E-state index contributed by atoms with van der Waals surface area (Å²) in [5.74, 6) is 0.201. The Morgan fingerprint density at radius 3 is 0.817 bits per heavy atom. The molecule has 6 atom stereocenters. The highest BCUT2D eigenvalue weighted by atomic mass is 31.2. The lowest BCUT2D eigenvalue weighted by Crippen LogP contribution is -2.30. The molecular weight excluding hydrogens is 1220 g/mol. The minimum Gasteiger partial charge on any atom is -0.462 e. The number of phosphoric ester groups is 2. The molecule has 0 aromatic rings. The fourth-order valence-corrected chi connectivity index (χ4v) is 12.8. The Morgan fingerprint density at radius 1 is 0.312 bits per heavy atom. The monoisotopic (exact) mass is 1370 g/mol. The van der Waals surface area contributed by atoms with Crippen LogP contribution in [0.3, 0.4) is 0 Å². The zero-order valence-electron chi connectivity index (χ0n) is 60.7. The number of rotatable bonds is 72. The lowest BCUT2D eigenvalue weighted by atomic mass is 10.00. The second-order valence-corrected chi connectivity index (χ2v) is 30.8. The molecule has 0 rings (SSSR count). The molecule has 0 saturated carbocycles. The lowest BCUT2D eigenvalue weighted by molar-refractivity contribution is -0.161. The second kappa shape index (κ2) is 64.7. The maximum atomic E-state index is 13.1. The van der Waals surface area contributed by atoms with Gasteiger partial charge in [0.1, 0.15) is 19.3 Å². The van der Waals surface area contributed by atoms with Gasteiger partial charge in [0.15, 0.2) is 12.2 Å². The molecule has 0 heterocycles. The molecule has 0 fully saturated rings. The number of carbonyl (C=O) groups is 4. The summed E-state index contributed by atoms with van der Waals surface area (Å²) in [6.45, 7) is 11.8. The van der Waals surface area contributed by atoms with Crippen LogP contribution in [-0.2, 0) is 65.4 Å². The fraction of sp³-hybridized carbons (Fsp3) is 0.946. The molecule has 0 aliphatic heterocycles. The maximum absolute atomic E-state index is 13.1. The molecule has 3 unspecified atom stereocenters. The summed E-state index contributed by atoms with van der Waals surface area (Å²) in [7, 11) is -9.90. The van der Waals surface area contributed by atoms with Crippen LogP contribution in [-0.4, -0.2) is 96.7 Å². The van der Waals surface area contributed by atoms with Gasteiger partial charge in [0.05, 0.1) is 26.4 Å². The van der Waals surface area contributed by atoms with Gasteiger partial charge in [-0.2, -0.15) is 0 Å². The SMILES string of the molecule is CCCCCCCCCC(=O)OC[C@H](COP(=O)(O)OC[C@H](O)COP(=O)(O)OC[C@@H](COC(=O)CCCCCCCCCCCCCCCCC(C)C)OC(=O)CCCCCCCCCCCCCCCCCCC(C)C)OC(=O)CCCCCCCCC(C)CC. The molecular formula is C74H144O17P2. The van der Waals surface area contributed by atoms with Gasteiger partial charge in [-0.15, -0.1) is 0 Å². The highest BCUT2D eigenvalue weighted by Gasteiger charge is 2.30. The van der Waals surface area contributed by atoms with Crippen molar-refractivity contribution in [3.8, 4) is 0 Å². The third-order valence-corrected chi connectivity index (χ3v) is 19.4. The summed E-state index contributed by atoms with van der Waals surface area (Å²) in [6, 6.07) is 0. The van der Waals surface area contributed by atoms with Gasteiger partial charge in [-0.1, -0.05) is 325 Å². The second-order valence-electron chi connectivity index (χ2n) is 27.9. The van der Waals surface area contributed by atoms with E-state index in [-0.39, 0.29) is 25.7 Å². The van der Waals surface area contributed by atoms with Gasteiger partial charge in [0.2, 0.25) is 0 Å². The van der Waals surface area contributed by atoms with Crippen molar-refractivity contribution in [2.75, 3.05) is 39.6 Å². The number of hydrogen-bond donors (Lipinski definition) is 3. The van der Waals surface area contributed by atoms with Crippen molar-refractivity contribution in [3.63, 3.8) is 0 Å². The van der Waals surface area contributed by atoms with Crippen molar-refractivity contribution in [2.45, 2.75) is 394 Å². The molecule has 0 aromatic carbocycles. The molecule has 0 aliphatic rings. The van der Waals surface area contributed by atoms with Gasteiger partial charge < -0.3 is 33.8 Å². The molecule has 0 amide bonds. The van der Waals surface area contributed by atoms with E-state index in [4.69, 9.17) is 37.0 Å². The van der Waals surface area contributed by atoms with E-state index in [1.165, 1.54) is 173 Å². The molecule has 17 nitrogen and oxygen atoms in total. The highest BCUT2D eigenvalue weighted by Crippen LogP contribution is 2.45. The van der Waals surface area contributed by atoms with Gasteiger partial charge in [-0.05, 0) is 43.4 Å². The van der Waals surface area contributed by atoms with Crippen LogP contribution < -0.4 is 0 Å². The molecule has 0 aromatic heterocycles. The van der Waals surface area contributed by atoms with Crippen molar-refractivity contribution in [1.82, 2.24) is 0 Å². The van der Waals surface area contributed by atoms with E-state index in [1.807, 2.05) is 0 Å². The number of unbranched alkanes of at least 4 members (excludes halogenated alkanes) is 39. The van der Waals surface area contributed by atoms with Gasteiger partial charge in [0.25, 0.3) is 0 Å². The molecule has 0 spiro atoms. The van der Waals surface area contributed by atoms with E-state index in [2.05, 4.69) is 48.5 Å². The maximum Gasteiger partial charge on any atom is 0.472 e. The van der Waals surface area contributed by atoms with Crippen molar-refractivity contribution >= 4 is 39.5 Å². The lowest BCUT2D eigenvalue weighted by Gasteiger charge is -2.21. The number of aliphatic hydroxyl groups is 1. The molecule has 0 aliphatic carbocycles. The average Bonchev–Trinajstić information content (AvgIpc) is 2.71. The number of esters is 4. The first-order valence-electron chi connectivity index (χ1n) is 38.4. The number of ether oxygens (including phenoxy) is 4. The standard InChI is InChI=1S/C74H144O17P2/c1-8-10-11-12-31-41-48-55-71(76)84-61-70(91-74(79)58-51-44-37-36-40-47-54-67(7)9-2)64-89-93(82,83)87-60-68(75)59-86-92(80,81)88-63-69(62-85-72(77)56-49-42-34-29-25-21-18-17-20-24-28-33-39-46-53-66(5)6)90-73(78)57-50-43-35-30-26-22-16-14-13-15-19-23-27-32-38-45-52-65(3)4/h65-70,75H,8-64H2,1-7H3,(H,80,81)(H,82,83)/t67?,68-,69-,70-/m1/s1. The van der Waals surface area contributed by atoms with E-state index < -0.39 is 97.5 Å². The highest BCUT2D eigenvalue weighted by molar-refractivity contribution is 7.47. The zero-order valence-corrected chi connectivity index (χ0v) is 62.5. The van der Waals surface area contributed by atoms with Crippen molar-refractivity contribution in [3.05, 3.63) is 0 Å². The van der Waals surface area contributed by atoms with Crippen LogP contribution in [0.15, 0.2) is 0 Å². The third-order valence-electron chi connectivity index (χ3n) is 17.5. The fourth-order valence-electron chi connectivity index (χ4n) is 11.2. The van der Waals surface area contributed by atoms with E-state index in [0.717, 1.165) is 120 Å². The van der Waals surface area contributed by atoms with E-state index in [9.17, 15) is 43.2 Å². The number of aliphatic hydroxyl groups excluding tert-OH is 1. The normalized spacial score (nSPS) is 14.4. The van der Waals surface area contributed by atoms with Crippen LogP contribution in [0.1, 0.15) is 376 Å². The van der Waals surface area contributed by atoms with Crippen LogP contribution in [0.4, 0.5) is 0 Å². The summed E-state index contributed by atoms with van der Waals surface area (Å²) in [6.07, 6.45) is 50.2. The molecule has 19 heteroatoms. The zero-order chi connectivity index (χ0) is 68.7. The Hall–Kier alpha value is -1.94. The van der Waals surface area contributed by atoms with E-state index in [0.29, 0.717) is 25.7 Å². The summed E-state index contributed by atoms with van der Waals surface area (Å²) >= 11 is 0. The molecule has 3 N–H and O–H groups in total. The van der Waals surface area contributed by atoms with Crippen molar-refractivity contribution in [2.24, 2.45) is 17.8 Å². The number of carbonyl (C=O) groups excluding carboxylic acids is 4. The summed E-state index contributed by atoms with van der Waals surface area (Å²) in [5, 5.41) is 10.6. The molecule has 93 heavy (non-hydrogen) atoms. The molecule has 0 bridgehead atoms. The summed E-state index contributed by atoms with van der Waals surface area (Å²) in [4.78, 5) is 72.5. The first kappa shape index (κ1) is 91.1. The van der Waals surface area contributed by atoms with Crippen LogP contribution in [0, 0.1) is 17.8 Å². The first-order valence-corrected chi connectivity index (χ1v) is 41.4. The Labute approximate surface area is 568 Å². The topological polar surface area (TPSA) is 237 Å². The van der Waals surface area contributed by atoms with Gasteiger partial charge in [-0.3, -0.25) is 37.3 Å². The molecule has 552 valence electrons. The van der Waals surface area contributed by atoms with Crippen LogP contribution >= 0.6 is 15.6 Å². The van der Waals surface area contributed by atoms with Crippen molar-refractivity contribution < 1.29 is 80.2 Å².